The summed E-state index contributed by atoms with van der Waals surface area (Å²) in [5.41, 5.74) is 3.49. The number of unbranched alkanes of at least 4 members (excludes halogenated alkanes) is 1. The Morgan fingerprint density at radius 2 is 1.69 bits per heavy atom. The Kier molecular flexibility index (Phi) is 5.17. The summed E-state index contributed by atoms with van der Waals surface area (Å²) in [6.45, 7) is 4.47. The van der Waals surface area contributed by atoms with Gasteiger partial charge in [-0.2, -0.15) is 0 Å². The van der Waals surface area contributed by atoms with Crippen LogP contribution in [0.1, 0.15) is 42.6 Å². The number of allylic oxidation sites excluding steroid dienone is 1. The van der Waals surface area contributed by atoms with Crippen LogP contribution >= 0.6 is 11.6 Å². The van der Waals surface area contributed by atoms with Gasteiger partial charge in [-0.25, -0.2) is 0 Å². The molecule has 5 nitrogen and oxygen atoms in total. The minimum Gasteiger partial charge on any atom is -0.352 e. The molecule has 2 saturated heterocycles. The van der Waals surface area contributed by atoms with E-state index in [1.165, 1.54) is 4.90 Å². The molecule has 2 aromatic carbocycles. The number of amides is 2. The lowest BCUT2D eigenvalue weighted by Gasteiger charge is -2.38. The van der Waals surface area contributed by atoms with Gasteiger partial charge in [0.15, 0.2) is 5.78 Å². The van der Waals surface area contributed by atoms with Gasteiger partial charge in [0.05, 0.1) is 17.9 Å². The van der Waals surface area contributed by atoms with Gasteiger partial charge < -0.3 is 4.90 Å². The molecule has 164 valence electrons. The topological polar surface area (TPSA) is 57.7 Å². The number of hydrogen-bond donors (Lipinski definition) is 0. The summed E-state index contributed by atoms with van der Waals surface area (Å²) in [5, 5.41) is 0.545. The lowest BCUT2D eigenvalue weighted by atomic mass is 9.85. The fourth-order valence-corrected chi connectivity index (χ4v) is 5.61. The van der Waals surface area contributed by atoms with Crippen molar-refractivity contribution in [2.75, 3.05) is 11.4 Å². The van der Waals surface area contributed by atoms with Crippen molar-refractivity contribution in [1.82, 2.24) is 4.90 Å². The molecule has 2 aromatic rings. The smallest absolute Gasteiger partial charge is 0.235 e. The van der Waals surface area contributed by atoms with Gasteiger partial charge in [0.25, 0.3) is 0 Å². The van der Waals surface area contributed by atoms with E-state index in [0.717, 1.165) is 29.7 Å². The maximum absolute atomic E-state index is 13.8. The van der Waals surface area contributed by atoms with Crippen LogP contribution in [0.5, 0.6) is 0 Å². The molecule has 0 aliphatic carbocycles. The fourth-order valence-electron chi connectivity index (χ4n) is 5.48. The van der Waals surface area contributed by atoms with Crippen molar-refractivity contribution in [1.29, 1.82) is 0 Å². The number of hydrogen-bond acceptors (Lipinski definition) is 4. The van der Waals surface area contributed by atoms with Gasteiger partial charge in [0, 0.05) is 28.4 Å². The Balaban J connectivity index is 1.64. The number of carbonyl (C=O) groups is 3. The molecule has 0 unspecified atom stereocenters. The summed E-state index contributed by atoms with van der Waals surface area (Å²) in [4.78, 5) is 44.2. The number of likely N-dealkylation sites (tertiary alicyclic amines) is 1. The molecule has 32 heavy (non-hydrogen) atoms. The molecule has 2 fully saturated rings. The maximum Gasteiger partial charge on any atom is 0.235 e. The van der Waals surface area contributed by atoms with Crippen LogP contribution < -0.4 is 4.90 Å². The van der Waals surface area contributed by atoms with E-state index in [-0.39, 0.29) is 23.6 Å². The van der Waals surface area contributed by atoms with E-state index in [1.54, 1.807) is 24.3 Å². The van der Waals surface area contributed by atoms with Crippen molar-refractivity contribution >= 4 is 40.5 Å². The summed E-state index contributed by atoms with van der Waals surface area (Å²) >= 11 is 6.03. The van der Waals surface area contributed by atoms with Crippen LogP contribution in [0.2, 0.25) is 5.02 Å². The predicted octanol–water partition coefficient (Wildman–Crippen LogP) is 4.60. The van der Waals surface area contributed by atoms with Gasteiger partial charge >= 0.3 is 0 Å². The van der Waals surface area contributed by atoms with E-state index in [4.69, 9.17) is 11.6 Å². The Hall–Kier alpha value is -2.92. The summed E-state index contributed by atoms with van der Waals surface area (Å²) in [6, 6.07) is 13.6. The molecule has 0 aromatic heterocycles. The number of Topliss-reactive ketones (excluding diaryl/α,β-unsaturated/α-hetero) is 1. The van der Waals surface area contributed by atoms with Crippen LogP contribution in [-0.2, 0) is 9.59 Å². The SMILES string of the molecule is CCCCN1C(=O)[C@@H]2[C@H](C1=O)[C@@H](C(=O)c1ccc(Cl)cc1)N1c3ccccc3C(C)=C[C@H]21. The molecular formula is C26H25ClN2O3. The van der Waals surface area contributed by atoms with E-state index in [2.05, 4.69) is 6.08 Å². The highest BCUT2D eigenvalue weighted by Crippen LogP contribution is 2.50. The average molecular weight is 449 g/mol. The summed E-state index contributed by atoms with van der Waals surface area (Å²) < 4.78 is 0. The number of rotatable bonds is 5. The fraction of sp³-hybridized carbons (Fsp3) is 0.346. The number of carbonyl (C=O) groups excluding carboxylic acids is 3. The first-order valence-corrected chi connectivity index (χ1v) is 11.5. The lowest BCUT2D eigenvalue weighted by molar-refractivity contribution is -0.140. The average Bonchev–Trinajstić information content (AvgIpc) is 3.25. The van der Waals surface area contributed by atoms with Crippen molar-refractivity contribution in [3.05, 3.63) is 70.8 Å². The Labute approximate surface area is 192 Å². The van der Waals surface area contributed by atoms with Crippen LogP contribution in [0.15, 0.2) is 54.6 Å². The highest BCUT2D eigenvalue weighted by Gasteiger charge is 2.64. The first-order valence-electron chi connectivity index (χ1n) is 11.1. The molecule has 3 aliphatic heterocycles. The van der Waals surface area contributed by atoms with Crippen molar-refractivity contribution in [3.63, 3.8) is 0 Å². The van der Waals surface area contributed by atoms with Crippen LogP contribution in [0, 0.1) is 11.8 Å². The second kappa shape index (κ2) is 7.89. The van der Waals surface area contributed by atoms with Gasteiger partial charge in [0.2, 0.25) is 11.8 Å². The summed E-state index contributed by atoms with van der Waals surface area (Å²) in [6.07, 6.45) is 3.71. The summed E-state index contributed by atoms with van der Waals surface area (Å²) in [5.74, 6) is -1.77. The van der Waals surface area contributed by atoms with Gasteiger partial charge in [0.1, 0.15) is 6.04 Å². The van der Waals surface area contributed by atoms with Gasteiger partial charge in [-0.3, -0.25) is 19.3 Å². The van der Waals surface area contributed by atoms with E-state index >= 15 is 0 Å². The second-order valence-corrected chi connectivity index (χ2v) is 9.25. The van der Waals surface area contributed by atoms with Gasteiger partial charge in [-0.15, -0.1) is 0 Å². The quantitative estimate of drug-likeness (QED) is 0.495. The third-order valence-corrected chi connectivity index (χ3v) is 7.23. The largest absolute Gasteiger partial charge is 0.352 e. The molecule has 0 saturated carbocycles. The van der Waals surface area contributed by atoms with Crippen LogP contribution in [-0.4, -0.2) is 41.1 Å². The Morgan fingerprint density at radius 1 is 1.00 bits per heavy atom. The molecule has 5 rings (SSSR count). The molecular weight excluding hydrogens is 424 g/mol. The Bertz CT molecular complexity index is 1140. The van der Waals surface area contributed by atoms with E-state index in [9.17, 15) is 14.4 Å². The zero-order chi connectivity index (χ0) is 22.6. The van der Waals surface area contributed by atoms with Gasteiger partial charge in [-0.1, -0.05) is 49.2 Å². The zero-order valence-corrected chi connectivity index (χ0v) is 18.9. The number of imide groups is 1. The number of benzene rings is 2. The van der Waals surface area contributed by atoms with Gasteiger partial charge in [-0.05, 0) is 49.2 Å². The molecule has 0 N–H and O–H groups in total. The lowest BCUT2D eigenvalue weighted by Crippen LogP contribution is -2.49. The first-order chi connectivity index (χ1) is 15.4. The zero-order valence-electron chi connectivity index (χ0n) is 18.1. The molecule has 6 heteroatoms. The van der Waals surface area contributed by atoms with Crippen molar-refractivity contribution in [3.8, 4) is 0 Å². The predicted molar refractivity (Wildman–Crippen MR) is 125 cm³/mol. The van der Waals surface area contributed by atoms with Crippen molar-refractivity contribution in [2.45, 2.75) is 38.8 Å². The summed E-state index contributed by atoms with van der Waals surface area (Å²) in [7, 11) is 0. The molecule has 4 atom stereocenters. The third-order valence-electron chi connectivity index (χ3n) is 6.98. The van der Waals surface area contributed by atoms with Crippen molar-refractivity contribution < 1.29 is 14.4 Å². The second-order valence-electron chi connectivity index (χ2n) is 8.81. The molecule has 0 radical (unpaired) electrons. The van der Waals surface area contributed by atoms with Crippen LogP contribution in [0.25, 0.3) is 5.57 Å². The van der Waals surface area contributed by atoms with E-state index < -0.39 is 17.9 Å². The normalized spacial score (nSPS) is 26.0. The third kappa shape index (κ3) is 3.02. The first kappa shape index (κ1) is 21.0. The van der Waals surface area contributed by atoms with Crippen LogP contribution in [0.4, 0.5) is 5.69 Å². The maximum atomic E-state index is 13.8. The molecule has 2 amide bonds. The molecule has 0 spiro atoms. The number of para-hydroxylation sites is 1. The number of nitrogens with zero attached hydrogens (tertiary/aromatic N) is 2. The Morgan fingerprint density at radius 3 is 2.41 bits per heavy atom. The van der Waals surface area contributed by atoms with E-state index in [1.807, 2.05) is 43.0 Å². The van der Waals surface area contributed by atoms with Crippen molar-refractivity contribution in [2.24, 2.45) is 11.8 Å². The molecule has 3 heterocycles. The van der Waals surface area contributed by atoms with E-state index in [0.29, 0.717) is 17.1 Å². The highest BCUT2D eigenvalue weighted by molar-refractivity contribution is 6.30. The minimum atomic E-state index is -0.736. The van der Waals surface area contributed by atoms with Crippen LogP contribution in [0.3, 0.4) is 0 Å². The number of halogens is 1. The molecule has 3 aliphatic rings. The minimum absolute atomic E-state index is 0.152. The highest BCUT2D eigenvalue weighted by atomic mass is 35.5. The molecule has 0 bridgehead atoms. The standard InChI is InChI=1S/C26H25ClN2O3/c1-3-4-13-28-25(31)21-20-14-15(2)18-7-5-6-8-19(18)29(20)23(22(21)26(28)32)24(30)16-9-11-17(27)12-10-16/h5-12,14,20-23H,3-4,13H2,1-2H3/t20-,21+,22+,23+/m1/s1. The monoisotopic (exact) mass is 448 g/mol. The number of anilines is 1. The number of ketones is 1. The number of fused-ring (bicyclic) bond motifs is 5.